The number of esters is 1. The van der Waals surface area contributed by atoms with Gasteiger partial charge in [0.2, 0.25) is 0 Å². The highest BCUT2D eigenvalue weighted by Crippen LogP contribution is 2.53. The van der Waals surface area contributed by atoms with Crippen LogP contribution in [0.25, 0.3) is 0 Å². The number of carbonyl (C=O) groups excluding carboxylic acids is 1. The van der Waals surface area contributed by atoms with Gasteiger partial charge in [0, 0.05) is 55.5 Å². The summed E-state index contributed by atoms with van der Waals surface area (Å²) in [7, 11) is 9.56. The summed E-state index contributed by atoms with van der Waals surface area (Å²) >= 11 is 12.7. The molecule has 1 aromatic carbocycles. The largest absolute Gasteiger partial charge is 0.762 e. The zero-order chi connectivity index (χ0) is 75.2. The third-order valence-electron chi connectivity index (χ3n) is 21.9. The maximum absolute atomic E-state index is 14.1. The number of ether oxygens (including phenoxy) is 27. The Labute approximate surface area is 609 Å². The van der Waals surface area contributed by atoms with Crippen molar-refractivity contribution in [1.82, 2.24) is 5.23 Å². The Morgan fingerprint density at radius 2 is 1.38 bits per heavy atom. The third kappa shape index (κ3) is 14.6. The molecule has 0 aliphatic carbocycles. The molecule has 11 heterocycles. The average Bonchev–Trinajstić information content (AvgIpc) is 1.56. The molecular formula is C65H98Cl2NO36-. The summed E-state index contributed by atoms with van der Waals surface area (Å²) in [4.78, 5) is 14.1. The fraction of sp³-hybridized carbons (Fsp3) is 0.892. The lowest BCUT2D eigenvalue weighted by molar-refractivity contribution is -0.422. The van der Waals surface area contributed by atoms with Crippen LogP contribution >= 0.6 is 23.2 Å². The number of phenols is 1. The first-order valence-corrected chi connectivity index (χ1v) is 35.2. The van der Waals surface area contributed by atoms with Crippen molar-refractivity contribution in [3.63, 3.8) is 0 Å². The number of nitrogens with zero attached hydrogens (tertiary/aromatic N) is 1. The number of aromatic hydroxyl groups is 1. The summed E-state index contributed by atoms with van der Waals surface area (Å²) < 4.78 is 166. The molecule has 594 valence electrons. The van der Waals surface area contributed by atoms with Gasteiger partial charge in [-0.2, -0.15) is 0 Å². The second kappa shape index (κ2) is 32.0. The standard InChI is InChI=1S/C65H98Cl2NO36/c1-24-37(47(81-12)39(67)40(70)38(24)66)56(74)94-32-20-85-35(16-31(32)93-36-18-61(7,68(76)77)52(84-15)27(4)90-36)96-43-26(3)100-64(17-30(43)69)103-53-28(5)92-60(51(73)62(53,8)104-64)98-48-42(72)57(91-25(2)44(48)80-11)97-45-33(19-78-9)95-59(49(82-13)41(45)71)99-58-50(83-14)46-34(21-86-58)101-65(102-46)55-54(87-23-88-55)63(75,22-89-65)29(6)79-10/h25-36,41-46,48-55,57-60,69-73,75-76H,16-23H2,1-15H3/q-1. The molecule has 11 aliphatic rings. The van der Waals surface area contributed by atoms with E-state index in [0.717, 1.165) is 0 Å². The SMILES string of the molecule is COCC1OC(OC2OCC3OC4(OCC(O)(C(C)OC)C5OCOC54)OC3C2OC)C(OC)C(O)C1OC1OC(C)C(OC)C(OC2OC(C)C3OC4(CC(O)C(OC5CC(OC6CC(C)(N([O-])O)C(OC)C(C)O6)C(OC(=O)c6c(C)c(Cl)c(O)c(Cl)c6OC)CO5)C(C)O4)OC3(C)C2O)C1O. The van der Waals surface area contributed by atoms with E-state index in [0.29, 0.717) is 0 Å². The number of aliphatic hydroxyl groups is 5. The van der Waals surface area contributed by atoms with Crippen molar-refractivity contribution in [3.05, 3.63) is 26.4 Å². The van der Waals surface area contributed by atoms with Crippen LogP contribution in [0.1, 0.15) is 83.7 Å². The average molecular weight is 1540 g/mol. The van der Waals surface area contributed by atoms with Crippen molar-refractivity contribution in [1.29, 1.82) is 0 Å². The zero-order valence-electron chi connectivity index (χ0n) is 60.2. The second-order valence-electron chi connectivity index (χ2n) is 28.4. The molecule has 37 nitrogen and oxygen atoms in total. The monoisotopic (exact) mass is 1540 g/mol. The highest BCUT2D eigenvalue weighted by atomic mass is 35.5. The normalized spacial score (nSPS) is 48.5. The maximum Gasteiger partial charge on any atom is 0.342 e. The summed E-state index contributed by atoms with van der Waals surface area (Å²) in [5.74, 6) is -5.59. The van der Waals surface area contributed by atoms with E-state index in [4.69, 9.17) is 151 Å². The second-order valence-corrected chi connectivity index (χ2v) is 29.1. The summed E-state index contributed by atoms with van der Waals surface area (Å²) in [5, 5.41) is 93.6. The number of hydrogen-bond donors (Lipinski definition) is 7. The lowest BCUT2D eigenvalue weighted by Gasteiger charge is -2.53. The number of methoxy groups -OCH3 is 7. The Morgan fingerprint density at radius 3 is 2.04 bits per heavy atom. The van der Waals surface area contributed by atoms with E-state index in [1.54, 1.807) is 41.5 Å². The fourth-order valence-corrected chi connectivity index (χ4v) is 16.8. The van der Waals surface area contributed by atoms with Gasteiger partial charge in [0.25, 0.3) is 5.97 Å². The molecule has 0 bridgehead atoms. The van der Waals surface area contributed by atoms with Crippen LogP contribution in [0.5, 0.6) is 11.5 Å². The molecule has 0 radical (unpaired) electrons. The van der Waals surface area contributed by atoms with E-state index >= 15 is 0 Å². The first-order chi connectivity index (χ1) is 49.3. The Morgan fingerprint density at radius 1 is 0.673 bits per heavy atom. The molecule has 0 saturated carbocycles. The van der Waals surface area contributed by atoms with Gasteiger partial charge in [0.15, 0.2) is 61.4 Å². The highest BCUT2D eigenvalue weighted by Gasteiger charge is 2.72. The molecule has 35 unspecified atom stereocenters. The van der Waals surface area contributed by atoms with Crippen molar-refractivity contribution >= 4 is 29.2 Å². The van der Waals surface area contributed by atoms with Gasteiger partial charge in [-0.05, 0) is 61.0 Å². The molecule has 1 aromatic rings. The van der Waals surface area contributed by atoms with Gasteiger partial charge in [0.05, 0.1) is 87.1 Å². The predicted molar refractivity (Wildman–Crippen MR) is 341 cm³/mol. The van der Waals surface area contributed by atoms with E-state index < -0.39 is 231 Å². The highest BCUT2D eigenvalue weighted by molar-refractivity contribution is 6.39. The molecular weight excluding hydrogens is 1440 g/mol. The minimum absolute atomic E-state index is 0.0876. The van der Waals surface area contributed by atoms with Crippen molar-refractivity contribution in [2.45, 2.75) is 288 Å². The van der Waals surface area contributed by atoms with Gasteiger partial charge in [0.1, 0.15) is 126 Å². The number of fused-ring (bicyclic) bond motifs is 4. The minimum Gasteiger partial charge on any atom is -0.762 e. The van der Waals surface area contributed by atoms with Crippen LogP contribution in [0.2, 0.25) is 10.0 Å². The van der Waals surface area contributed by atoms with Crippen LogP contribution in [-0.4, -0.2) is 343 Å². The number of halogens is 2. The topological polar surface area (TPSA) is 434 Å². The summed E-state index contributed by atoms with van der Waals surface area (Å²) in [6, 6.07) is 0. The van der Waals surface area contributed by atoms with Crippen LogP contribution in [0.15, 0.2) is 0 Å². The van der Waals surface area contributed by atoms with Crippen molar-refractivity contribution in [2.24, 2.45) is 0 Å². The molecule has 11 saturated heterocycles. The van der Waals surface area contributed by atoms with Crippen LogP contribution in [-0.2, 0) is 123 Å². The molecule has 7 N–H and O–H groups in total. The number of benzene rings is 1. The molecule has 11 fully saturated rings. The lowest BCUT2D eigenvalue weighted by Crippen LogP contribution is -2.69. The van der Waals surface area contributed by atoms with Gasteiger partial charge in [-0.3, -0.25) is 5.23 Å². The summed E-state index contributed by atoms with van der Waals surface area (Å²) in [6.07, 6.45) is -36.4. The molecule has 12 rings (SSSR count). The van der Waals surface area contributed by atoms with Crippen molar-refractivity contribution < 1.29 is 169 Å². The van der Waals surface area contributed by atoms with Crippen LogP contribution < -0.4 is 4.74 Å². The number of hydroxylamine groups is 2. The number of phenolic OH excluding ortho intramolecular Hbond substituents is 1. The van der Waals surface area contributed by atoms with Crippen molar-refractivity contribution in [3.8, 4) is 11.5 Å². The summed E-state index contributed by atoms with van der Waals surface area (Å²) in [5.41, 5.74) is -5.01. The van der Waals surface area contributed by atoms with Gasteiger partial charge in [-0.1, -0.05) is 23.2 Å². The van der Waals surface area contributed by atoms with Crippen LogP contribution in [0.4, 0.5) is 0 Å². The van der Waals surface area contributed by atoms with E-state index in [9.17, 15) is 45.8 Å². The van der Waals surface area contributed by atoms with Gasteiger partial charge in [-0.15, -0.1) is 0 Å². The third-order valence-corrected chi connectivity index (χ3v) is 22.7. The Kier molecular flexibility index (Phi) is 24.9. The van der Waals surface area contributed by atoms with E-state index in [2.05, 4.69) is 0 Å². The van der Waals surface area contributed by atoms with Crippen LogP contribution in [0, 0.1) is 12.1 Å². The van der Waals surface area contributed by atoms with Crippen LogP contribution in [0.3, 0.4) is 0 Å². The van der Waals surface area contributed by atoms with E-state index in [1.807, 2.05) is 0 Å². The van der Waals surface area contributed by atoms with Crippen molar-refractivity contribution in [2.75, 3.05) is 83.0 Å². The molecule has 35 atom stereocenters. The van der Waals surface area contributed by atoms with Gasteiger partial charge >= 0.3 is 11.9 Å². The zero-order valence-corrected chi connectivity index (χ0v) is 61.7. The minimum atomic E-state index is -2.03. The molecule has 2 spiro atoms. The van der Waals surface area contributed by atoms with Gasteiger partial charge < -0.3 is 169 Å². The summed E-state index contributed by atoms with van der Waals surface area (Å²) in [6.45, 7) is 11.5. The Balaban J connectivity index is 0.692. The van der Waals surface area contributed by atoms with E-state index in [-0.39, 0.29) is 78.2 Å². The fourth-order valence-electron chi connectivity index (χ4n) is 16.3. The van der Waals surface area contributed by atoms with Gasteiger partial charge in [-0.25, -0.2) is 4.79 Å². The molecule has 104 heavy (non-hydrogen) atoms. The Bertz CT molecular complexity index is 3090. The lowest BCUT2D eigenvalue weighted by atomic mass is 9.85. The Hall–Kier alpha value is -2.45. The molecule has 0 amide bonds. The molecule has 11 aliphatic heterocycles. The number of hydrogen-bond acceptors (Lipinski definition) is 37. The predicted octanol–water partition coefficient (Wildman–Crippen LogP) is 0.261. The molecule has 0 aromatic heterocycles. The quantitative estimate of drug-likeness (QED) is 0.0605. The number of carbonyl (C=O) groups is 1. The first-order valence-electron chi connectivity index (χ1n) is 34.4. The first kappa shape index (κ1) is 81.1. The smallest absolute Gasteiger partial charge is 0.342 e. The number of rotatable bonds is 22. The molecule has 39 heteroatoms. The number of aliphatic hydroxyl groups excluding tert-OH is 4. The maximum atomic E-state index is 14.1. The van der Waals surface area contributed by atoms with E-state index in [1.165, 1.54) is 63.6 Å².